The van der Waals surface area contributed by atoms with Gasteiger partial charge in [-0.1, -0.05) is 29.4 Å². The summed E-state index contributed by atoms with van der Waals surface area (Å²) in [6, 6.07) is 12.6. The van der Waals surface area contributed by atoms with Crippen LogP contribution in [0.1, 0.15) is 17.0 Å². The number of carbonyl (C=O) groups is 1. The molecule has 8 nitrogen and oxygen atoms in total. The van der Waals surface area contributed by atoms with E-state index >= 15 is 0 Å². The molecule has 140 valence electrons. The van der Waals surface area contributed by atoms with E-state index in [1.165, 1.54) is 4.68 Å². The van der Waals surface area contributed by atoms with E-state index in [9.17, 15) is 9.59 Å². The highest BCUT2D eigenvalue weighted by molar-refractivity contribution is 5.90. The van der Waals surface area contributed by atoms with Gasteiger partial charge in [0.2, 0.25) is 5.91 Å². The van der Waals surface area contributed by atoms with Crippen molar-refractivity contribution < 1.29 is 9.32 Å². The minimum absolute atomic E-state index is 0.227. The topological polar surface area (TPSA) is 103 Å². The molecule has 28 heavy (non-hydrogen) atoms. The van der Waals surface area contributed by atoms with Crippen molar-refractivity contribution in [1.29, 1.82) is 0 Å². The monoisotopic (exact) mass is 375 g/mol. The summed E-state index contributed by atoms with van der Waals surface area (Å²) in [4.78, 5) is 29.3. The predicted molar refractivity (Wildman–Crippen MR) is 103 cm³/mol. The Balaban J connectivity index is 1.68. The number of pyridine rings is 1. The molecule has 0 unspecified atom stereocenters. The van der Waals surface area contributed by atoms with Gasteiger partial charge in [-0.3, -0.25) is 14.6 Å². The molecule has 0 spiro atoms. The van der Waals surface area contributed by atoms with Crippen molar-refractivity contribution in [3.05, 3.63) is 82.2 Å². The standard InChI is InChI=1S/C20H17N5O3/c1-13-9-18(24-28-13)22-19(26)12-25-20(27)16-7-3-2-6-15(16)17(23-25)10-14-5-4-8-21-11-14/h2-9,11H,10,12H2,1H3,(H,22,24,26). The van der Waals surface area contributed by atoms with Gasteiger partial charge in [0.05, 0.1) is 11.1 Å². The first-order valence-electron chi connectivity index (χ1n) is 8.71. The highest BCUT2D eigenvalue weighted by Crippen LogP contribution is 2.16. The molecule has 0 bridgehead atoms. The fraction of sp³-hybridized carbons (Fsp3) is 0.150. The van der Waals surface area contributed by atoms with Crippen LogP contribution in [0.4, 0.5) is 5.82 Å². The van der Waals surface area contributed by atoms with Crippen molar-refractivity contribution in [1.82, 2.24) is 19.9 Å². The molecular formula is C20H17N5O3. The highest BCUT2D eigenvalue weighted by Gasteiger charge is 2.14. The first-order chi connectivity index (χ1) is 13.6. The van der Waals surface area contributed by atoms with E-state index in [0.29, 0.717) is 29.1 Å². The van der Waals surface area contributed by atoms with Gasteiger partial charge in [0.15, 0.2) is 5.82 Å². The van der Waals surface area contributed by atoms with Gasteiger partial charge in [-0.2, -0.15) is 5.10 Å². The number of aryl methyl sites for hydroxylation is 1. The van der Waals surface area contributed by atoms with Gasteiger partial charge in [0.25, 0.3) is 5.56 Å². The largest absolute Gasteiger partial charge is 0.360 e. The van der Waals surface area contributed by atoms with E-state index in [4.69, 9.17) is 4.52 Å². The number of benzene rings is 1. The molecule has 3 aromatic heterocycles. The number of nitrogens with zero attached hydrogens (tertiary/aromatic N) is 4. The third-order valence-corrected chi connectivity index (χ3v) is 4.23. The van der Waals surface area contributed by atoms with Gasteiger partial charge < -0.3 is 9.84 Å². The Morgan fingerprint density at radius 1 is 1.18 bits per heavy atom. The van der Waals surface area contributed by atoms with Gasteiger partial charge in [-0.25, -0.2) is 4.68 Å². The normalized spacial score (nSPS) is 10.9. The first kappa shape index (κ1) is 17.6. The number of anilines is 1. The number of fused-ring (bicyclic) bond motifs is 1. The second kappa shape index (κ2) is 7.43. The van der Waals surface area contributed by atoms with Crippen LogP contribution in [-0.2, 0) is 17.8 Å². The van der Waals surface area contributed by atoms with Gasteiger partial charge in [-0.15, -0.1) is 0 Å². The minimum atomic E-state index is -0.412. The van der Waals surface area contributed by atoms with E-state index in [0.717, 1.165) is 10.9 Å². The van der Waals surface area contributed by atoms with Crippen molar-refractivity contribution in [3.8, 4) is 0 Å². The smallest absolute Gasteiger partial charge is 0.275 e. The number of rotatable bonds is 5. The Kier molecular flexibility index (Phi) is 4.67. The van der Waals surface area contributed by atoms with Crippen molar-refractivity contribution >= 4 is 22.5 Å². The average molecular weight is 375 g/mol. The fourth-order valence-corrected chi connectivity index (χ4v) is 2.98. The molecule has 0 fully saturated rings. The van der Waals surface area contributed by atoms with Gasteiger partial charge in [-0.05, 0) is 24.6 Å². The molecule has 3 heterocycles. The number of nitrogens with one attached hydrogen (secondary N) is 1. The van der Waals surface area contributed by atoms with Crippen LogP contribution in [0.3, 0.4) is 0 Å². The molecule has 8 heteroatoms. The maximum atomic E-state index is 12.8. The molecule has 0 saturated heterocycles. The molecule has 4 aromatic rings. The number of aromatic nitrogens is 4. The van der Waals surface area contributed by atoms with Crippen LogP contribution in [0, 0.1) is 6.92 Å². The van der Waals surface area contributed by atoms with Crippen LogP contribution < -0.4 is 10.9 Å². The lowest BCUT2D eigenvalue weighted by molar-refractivity contribution is -0.117. The van der Waals surface area contributed by atoms with Crippen LogP contribution in [0.25, 0.3) is 10.8 Å². The SMILES string of the molecule is Cc1cc(NC(=O)Cn2nc(Cc3cccnc3)c3ccccc3c2=O)no1. The van der Waals surface area contributed by atoms with E-state index in [-0.39, 0.29) is 12.1 Å². The van der Waals surface area contributed by atoms with Gasteiger partial charge in [0.1, 0.15) is 12.3 Å². The number of amides is 1. The maximum absolute atomic E-state index is 12.8. The summed E-state index contributed by atoms with van der Waals surface area (Å²) in [6.45, 7) is 1.50. The van der Waals surface area contributed by atoms with E-state index in [1.807, 2.05) is 24.3 Å². The summed E-state index contributed by atoms with van der Waals surface area (Å²) >= 11 is 0. The number of hydrogen-bond donors (Lipinski definition) is 1. The molecule has 0 radical (unpaired) electrons. The lowest BCUT2D eigenvalue weighted by atomic mass is 10.1. The summed E-state index contributed by atoms with van der Waals surface area (Å²) in [6.07, 6.45) is 3.95. The lowest BCUT2D eigenvalue weighted by Crippen LogP contribution is -2.30. The second-order valence-corrected chi connectivity index (χ2v) is 6.36. The molecular weight excluding hydrogens is 358 g/mol. The fourth-order valence-electron chi connectivity index (χ4n) is 2.98. The van der Waals surface area contributed by atoms with Gasteiger partial charge >= 0.3 is 0 Å². The van der Waals surface area contributed by atoms with Crippen LogP contribution in [0.15, 0.2) is 64.2 Å². The molecule has 4 rings (SSSR count). The second-order valence-electron chi connectivity index (χ2n) is 6.36. The number of carbonyl (C=O) groups excluding carboxylic acids is 1. The third kappa shape index (κ3) is 3.66. The quantitative estimate of drug-likeness (QED) is 0.574. The molecule has 0 aliphatic rings. The molecule has 1 amide bonds. The van der Waals surface area contributed by atoms with E-state index in [1.54, 1.807) is 37.5 Å². The molecule has 0 aliphatic heterocycles. The van der Waals surface area contributed by atoms with Crippen molar-refractivity contribution in [2.45, 2.75) is 19.9 Å². The Hall–Kier alpha value is -3.81. The Morgan fingerprint density at radius 2 is 2.00 bits per heavy atom. The summed E-state index contributed by atoms with van der Waals surface area (Å²) in [5.74, 6) is 0.465. The summed E-state index contributed by atoms with van der Waals surface area (Å²) < 4.78 is 6.10. The van der Waals surface area contributed by atoms with Crippen molar-refractivity contribution in [2.24, 2.45) is 0 Å². The zero-order valence-electron chi connectivity index (χ0n) is 15.1. The Morgan fingerprint density at radius 3 is 2.71 bits per heavy atom. The minimum Gasteiger partial charge on any atom is -0.360 e. The van der Waals surface area contributed by atoms with Crippen molar-refractivity contribution in [2.75, 3.05) is 5.32 Å². The first-order valence-corrected chi connectivity index (χ1v) is 8.71. The van der Waals surface area contributed by atoms with Crippen LogP contribution in [0.2, 0.25) is 0 Å². The van der Waals surface area contributed by atoms with Crippen molar-refractivity contribution in [3.63, 3.8) is 0 Å². The maximum Gasteiger partial charge on any atom is 0.275 e. The average Bonchev–Trinajstić information content (AvgIpc) is 3.11. The Bertz CT molecular complexity index is 1200. The summed E-state index contributed by atoms with van der Waals surface area (Å²) in [5.41, 5.74) is 1.35. The summed E-state index contributed by atoms with van der Waals surface area (Å²) in [7, 11) is 0. The zero-order valence-corrected chi connectivity index (χ0v) is 15.1. The Labute approximate surface area is 159 Å². The van der Waals surface area contributed by atoms with Gasteiger partial charge in [0, 0.05) is 30.3 Å². The van der Waals surface area contributed by atoms with E-state index < -0.39 is 5.91 Å². The predicted octanol–water partition coefficient (Wildman–Crippen LogP) is 2.32. The molecule has 1 N–H and O–H groups in total. The third-order valence-electron chi connectivity index (χ3n) is 4.23. The molecule has 0 aliphatic carbocycles. The lowest BCUT2D eigenvalue weighted by Gasteiger charge is -2.11. The number of hydrogen-bond acceptors (Lipinski definition) is 6. The van der Waals surface area contributed by atoms with Crippen LogP contribution >= 0.6 is 0 Å². The molecule has 0 saturated carbocycles. The van der Waals surface area contributed by atoms with Crippen LogP contribution in [-0.4, -0.2) is 25.8 Å². The molecule has 1 aromatic carbocycles. The highest BCUT2D eigenvalue weighted by atomic mass is 16.5. The van der Waals surface area contributed by atoms with E-state index in [2.05, 4.69) is 20.6 Å². The molecule has 0 atom stereocenters. The zero-order chi connectivity index (χ0) is 19.5. The summed E-state index contributed by atoms with van der Waals surface area (Å²) in [5, 5.41) is 12.1. The van der Waals surface area contributed by atoms with Crippen LogP contribution in [0.5, 0.6) is 0 Å².